The zero-order chi connectivity index (χ0) is 10.4. The smallest absolute Gasteiger partial charge is 0.319 e. The molecule has 0 atom stereocenters. The van der Waals surface area contributed by atoms with Crippen LogP contribution in [0.5, 0.6) is 0 Å². The van der Waals surface area contributed by atoms with Gasteiger partial charge in [-0.2, -0.15) is 0 Å². The van der Waals surface area contributed by atoms with Crippen molar-refractivity contribution in [2.75, 3.05) is 19.6 Å². The molecule has 6 N–H and O–H groups in total. The van der Waals surface area contributed by atoms with Crippen molar-refractivity contribution in [1.82, 2.24) is 4.90 Å². The number of carbonyl (C=O) groups excluding carboxylic acids is 3. The lowest BCUT2D eigenvalue weighted by atomic mass is 10.4. The predicted octanol–water partition coefficient (Wildman–Crippen LogP) is -3.42. The van der Waals surface area contributed by atoms with Gasteiger partial charge < -0.3 is 17.2 Å². The van der Waals surface area contributed by atoms with E-state index in [1.807, 2.05) is 0 Å². The van der Waals surface area contributed by atoms with E-state index >= 15 is 0 Å². The van der Waals surface area contributed by atoms with Crippen LogP contribution in [0.15, 0.2) is 0 Å². The SMILES string of the molecule is NCC(=O)[N+](C(=O)CN)C(=O)CN. The van der Waals surface area contributed by atoms with E-state index < -0.39 is 37.4 Å². The maximum Gasteiger partial charge on any atom is 0.391 e. The highest BCUT2D eigenvalue weighted by molar-refractivity contribution is 6.16. The van der Waals surface area contributed by atoms with Gasteiger partial charge in [-0.15, -0.1) is 0 Å². The average molecular weight is 188 g/mol. The minimum atomic E-state index is -0.800. The lowest BCUT2D eigenvalue weighted by Gasteiger charge is -2.01. The molecule has 0 aromatic heterocycles. The van der Waals surface area contributed by atoms with Gasteiger partial charge in [0.25, 0.3) is 0 Å². The molecule has 7 nitrogen and oxygen atoms in total. The Labute approximate surface area is 74.8 Å². The zero-order valence-corrected chi connectivity index (χ0v) is 7.03. The molecule has 0 aliphatic rings. The number of rotatable bonds is 3. The summed E-state index contributed by atoms with van der Waals surface area (Å²) in [6, 6.07) is 0. The second-order valence-electron chi connectivity index (χ2n) is 2.13. The third-order valence-electron chi connectivity index (χ3n) is 1.27. The zero-order valence-electron chi connectivity index (χ0n) is 7.03. The molecule has 0 spiro atoms. The molecule has 0 heterocycles. The maximum atomic E-state index is 11.0. The molecule has 73 valence electrons. The number of nitrogens with two attached hydrogens (primary N) is 3. The van der Waals surface area contributed by atoms with E-state index in [1.165, 1.54) is 0 Å². The Morgan fingerprint density at radius 2 is 1.00 bits per heavy atom. The van der Waals surface area contributed by atoms with E-state index in [0.717, 1.165) is 0 Å². The lowest BCUT2D eigenvalue weighted by molar-refractivity contribution is -0.144. The van der Waals surface area contributed by atoms with Crippen LogP contribution in [-0.2, 0) is 14.4 Å². The number of nitrogens with zero attached hydrogens (tertiary/aromatic N) is 1. The van der Waals surface area contributed by atoms with Crippen LogP contribution in [0.3, 0.4) is 0 Å². The Kier molecular flexibility index (Phi) is 5.00. The van der Waals surface area contributed by atoms with Gasteiger partial charge in [0.2, 0.25) is 0 Å². The Balaban J connectivity index is 4.64. The largest absolute Gasteiger partial charge is 0.391 e. The summed E-state index contributed by atoms with van der Waals surface area (Å²) in [6.07, 6.45) is 0. The molecule has 0 aliphatic carbocycles. The quantitative estimate of drug-likeness (QED) is 0.395. The molecule has 0 saturated heterocycles. The summed E-state index contributed by atoms with van der Waals surface area (Å²) in [5.74, 6) is -2.40. The van der Waals surface area contributed by atoms with E-state index in [-0.39, 0.29) is 0 Å². The van der Waals surface area contributed by atoms with Gasteiger partial charge >= 0.3 is 17.7 Å². The van der Waals surface area contributed by atoms with Gasteiger partial charge in [0.1, 0.15) is 19.6 Å². The molecule has 0 aromatic rings. The molecule has 0 fully saturated rings. The van der Waals surface area contributed by atoms with Crippen LogP contribution in [-0.4, -0.2) is 37.4 Å². The van der Waals surface area contributed by atoms with E-state index in [2.05, 4.69) is 0 Å². The number of carbonyl (C=O) groups is 3. The Bertz CT molecular complexity index is 190. The van der Waals surface area contributed by atoms with Gasteiger partial charge in [-0.1, -0.05) is 0 Å². The number of imide groups is 3. The molecule has 13 heavy (non-hydrogen) atoms. The van der Waals surface area contributed by atoms with Gasteiger partial charge in [-0.3, -0.25) is 0 Å². The molecular weight excluding hydrogens is 176 g/mol. The van der Waals surface area contributed by atoms with E-state index in [4.69, 9.17) is 17.2 Å². The third-order valence-corrected chi connectivity index (χ3v) is 1.27. The fraction of sp³-hybridized carbons (Fsp3) is 0.500. The van der Waals surface area contributed by atoms with Crippen LogP contribution in [0.25, 0.3) is 0 Å². The van der Waals surface area contributed by atoms with Gasteiger partial charge in [0.15, 0.2) is 0 Å². The van der Waals surface area contributed by atoms with Gasteiger partial charge in [-0.25, -0.2) is 14.4 Å². The van der Waals surface area contributed by atoms with Crippen molar-refractivity contribution in [2.24, 2.45) is 17.2 Å². The van der Waals surface area contributed by atoms with Gasteiger partial charge in [-0.05, 0) is 0 Å². The van der Waals surface area contributed by atoms with Crippen molar-refractivity contribution in [3.05, 3.63) is 0 Å². The molecular formula is C6H12N4O3+. The third kappa shape index (κ3) is 2.99. The van der Waals surface area contributed by atoms with E-state index in [9.17, 15) is 14.4 Å². The standard InChI is InChI=1S/C6H12N4O3/c7-1-4(11)10(5(12)2-8)6(13)3-9/h1-3,7-9H2/q+1. The molecule has 0 bridgehead atoms. The van der Waals surface area contributed by atoms with Crippen LogP contribution in [0.1, 0.15) is 0 Å². The molecule has 0 aliphatic heterocycles. The fourth-order valence-electron chi connectivity index (χ4n) is 0.691. The van der Waals surface area contributed by atoms with Crippen LogP contribution in [0.4, 0.5) is 0 Å². The van der Waals surface area contributed by atoms with Gasteiger partial charge in [0, 0.05) is 4.90 Å². The van der Waals surface area contributed by atoms with Crippen LogP contribution in [0, 0.1) is 0 Å². The minimum absolute atomic E-state index is 0.375. The highest BCUT2D eigenvalue weighted by Gasteiger charge is 2.39. The van der Waals surface area contributed by atoms with Crippen molar-refractivity contribution in [2.45, 2.75) is 0 Å². The number of amides is 3. The first kappa shape index (κ1) is 11.8. The first-order valence-electron chi connectivity index (χ1n) is 3.57. The summed E-state index contributed by atoms with van der Waals surface area (Å²) in [5, 5.41) is 0. The fourth-order valence-corrected chi connectivity index (χ4v) is 0.691. The van der Waals surface area contributed by atoms with Crippen molar-refractivity contribution in [3.63, 3.8) is 0 Å². The number of hydrogen-bond acceptors (Lipinski definition) is 6. The van der Waals surface area contributed by atoms with Crippen molar-refractivity contribution >= 4 is 17.7 Å². The lowest BCUT2D eigenvalue weighted by Crippen LogP contribution is -2.54. The molecule has 0 aromatic carbocycles. The second-order valence-corrected chi connectivity index (χ2v) is 2.13. The summed E-state index contributed by atoms with van der Waals surface area (Å²) in [5.41, 5.74) is 14.9. The van der Waals surface area contributed by atoms with Crippen LogP contribution in [0.2, 0.25) is 0 Å². The van der Waals surface area contributed by atoms with Crippen LogP contribution >= 0.6 is 0 Å². The molecule has 0 saturated carbocycles. The second kappa shape index (κ2) is 5.49. The first-order valence-corrected chi connectivity index (χ1v) is 3.57. The molecule has 3 amide bonds. The Hall–Kier alpha value is -1.15. The molecule has 0 rings (SSSR count). The molecule has 1 radical (unpaired) electrons. The summed E-state index contributed by atoms with van der Waals surface area (Å²) in [6.45, 7) is -1.30. The van der Waals surface area contributed by atoms with Crippen molar-refractivity contribution in [1.29, 1.82) is 0 Å². The average Bonchev–Trinajstić information content (AvgIpc) is 2.16. The summed E-state index contributed by atoms with van der Waals surface area (Å²) in [7, 11) is 0. The van der Waals surface area contributed by atoms with Crippen LogP contribution < -0.4 is 22.1 Å². The van der Waals surface area contributed by atoms with E-state index in [1.54, 1.807) is 0 Å². The van der Waals surface area contributed by atoms with E-state index in [0.29, 0.717) is 4.90 Å². The molecule has 0 unspecified atom stereocenters. The maximum absolute atomic E-state index is 11.0. The first-order chi connectivity index (χ1) is 6.08. The monoisotopic (exact) mass is 188 g/mol. The highest BCUT2D eigenvalue weighted by atomic mass is 16.2. The Morgan fingerprint density at radius 1 is 0.769 bits per heavy atom. The summed E-state index contributed by atoms with van der Waals surface area (Å²) < 4.78 is 0. The minimum Gasteiger partial charge on any atom is -0.319 e. The van der Waals surface area contributed by atoms with Crippen molar-refractivity contribution < 1.29 is 14.4 Å². The highest BCUT2D eigenvalue weighted by Crippen LogP contribution is 1.85. The van der Waals surface area contributed by atoms with Crippen molar-refractivity contribution in [3.8, 4) is 0 Å². The van der Waals surface area contributed by atoms with Gasteiger partial charge in [0.05, 0.1) is 0 Å². The normalized spacial score (nSPS) is 10.2. The molecule has 7 heteroatoms. The Morgan fingerprint density at radius 3 is 1.15 bits per heavy atom. The number of hydrogen-bond donors (Lipinski definition) is 3. The predicted molar refractivity (Wildman–Crippen MR) is 44.3 cm³/mol. The topological polar surface area (TPSA) is 135 Å². The summed E-state index contributed by atoms with van der Waals surface area (Å²) >= 11 is 0. The summed E-state index contributed by atoms with van der Waals surface area (Å²) in [4.78, 5) is 33.3.